The number of likely N-dealkylation sites (tertiary alicyclic amines) is 2. The molecule has 170 valence electrons. The molecule has 11 heteroatoms. The van der Waals surface area contributed by atoms with Gasteiger partial charge in [-0.15, -0.1) is 0 Å². The molecule has 4 rings (SSSR count). The number of carbonyl (C=O) groups is 2. The summed E-state index contributed by atoms with van der Waals surface area (Å²) in [6, 6.07) is 1.67. The lowest BCUT2D eigenvalue weighted by atomic mass is 9.99. The van der Waals surface area contributed by atoms with Crippen molar-refractivity contribution in [3.05, 3.63) is 35.1 Å². The van der Waals surface area contributed by atoms with Crippen molar-refractivity contribution in [2.24, 2.45) is 0 Å². The molecule has 31 heavy (non-hydrogen) atoms. The van der Waals surface area contributed by atoms with E-state index in [-0.39, 0.29) is 55.0 Å². The molecule has 1 aromatic carbocycles. The SMILES string of the molecule is CC1C(OCc2ccc(C(F)(F)F)cc2F)CN1C(=O)N1CCC2OCC(=O)NC2C1. The number of hydrogen-bond acceptors (Lipinski definition) is 4. The van der Waals surface area contributed by atoms with Crippen molar-refractivity contribution in [1.29, 1.82) is 0 Å². The fraction of sp³-hybridized carbons (Fsp3) is 0.600. The number of alkyl halides is 3. The number of carbonyl (C=O) groups excluding carboxylic acids is 2. The van der Waals surface area contributed by atoms with Crippen LogP contribution in [0.4, 0.5) is 22.4 Å². The summed E-state index contributed by atoms with van der Waals surface area (Å²) in [7, 11) is 0. The Balaban J connectivity index is 1.28. The first-order valence-electron chi connectivity index (χ1n) is 10.1. The van der Waals surface area contributed by atoms with Crippen molar-refractivity contribution in [2.75, 3.05) is 26.2 Å². The lowest BCUT2D eigenvalue weighted by Crippen LogP contribution is -2.67. The maximum atomic E-state index is 14.0. The van der Waals surface area contributed by atoms with Gasteiger partial charge in [0.1, 0.15) is 12.4 Å². The Labute approximate surface area is 176 Å². The molecule has 3 aliphatic heterocycles. The van der Waals surface area contributed by atoms with Crippen molar-refractivity contribution < 1.29 is 36.6 Å². The molecule has 0 spiro atoms. The number of halogens is 4. The third-order valence-corrected chi connectivity index (χ3v) is 6.08. The zero-order chi connectivity index (χ0) is 22.3. The average Bonchev–Trinajstić information content (AvgIpc) is 2.72. The number of ether oxygens (including phenoxy) is 2. The van der Waals surface area contributed by atoms with E-state index in [1.165, 1.54) is 0 Å². The van der Waals surface area contributed by atoms with Crippen molar-refractivity contribution in [2.45, 2.75) is 50.4 Å². The maximum Gasteiger partial charge on any atom is 0.416 e. The first-order valence-corrected chi connectivity index (χ1v) is 10.1. The van der Waals surface area contributed by atoms with Gasteiger partial charge in [-0.3, -0.25) is 4.79 Å². The van der Waals surface area contributed by atoms with E-state index >= 15 is 0 Å². The summed E-state index contributed by atoms with van der Waals surface area (Å²) in [5, 5.41) is 2.85. The third kappa shape index (κ3) is 4.47. The number of morpholine rings is 1. The highest BCUT2D eigenvalue weighted by Crippen LogP contribution is 2.31. The summed E-state index contributed by atoms with van der Waals surface area (Å²) >= 11 is 0. The number of piperidine rings is 1. The van der Waals surface area contributed by atoms with Crippen LogP contribution in [-0.4, -0.2) is 72.3 Å². The van der Waals surface area contributed by atoms with Crippen LogP contribution in [0.15, 0.2) is 18.2 Å². The van der Waals surface area contributed by atoms with E-state index < -0.39 is 17.6 Å². The highest BCUT2D eigenvalue weighted by Gasteiger charge is 2.44. The van der Waals surface area contributed by atoms with E-state index in [0.29, 0.717) is 32.1 Å². The van der Waals surface area contributed by atoms with Crippen molar-refractivity contribution in [3.63, 3.8) is 0 Å². The number of amides is 3. The Bertz CT molecular complexity index is 865. The fourth-order valence-electron chi connectivity index (χ4n) is 4.11. The summed E-state index contributed by atoms with van der Waals surface area (Å²) in [5.41, 5.74) is -1.02. The summed E-state index contributed by atoms with van der Waals surface area (Å²) in [6.45, 7) is 2.83. The van der Waals surface area contributed by atoms with Gasteiger partial charge in [0.2, 0.25) is 5.91 Å². The minimum Gasteiger partial charge on any atom is -0.369 e. The van der Waals surface area contributed by atoms with Gasteiger partial charge in [0.05, 0.1) is 43.0 Å². The van der Waals surface area contributed by atoms with Crippen LogP contribution < -0.4 is 5.32 Å². The van der Waals surface area contributed by atoms with Crippen LogP contribution in [0, 0.1) is 5.82 Å². The second-order valence-corrected chi connectivity index (χ2v) is 8.09. The largest absolute Gasteiger partial charge is 0.416 e. The van der Waals surface area contributed by atoms with Crippen LogP contribution in [0.1, 0.15) is 24.5 Å². The lowest BCUT2D eigenvalue weighted by Gasteiger charge is -2.49. The first kappa shape index (κ1) is 21.8. The van der Waals surface area contributed by atoms with E-state index in [0.717, 1.165) is 12.1 Å². The Kier molecular flexibility index (Phi) is 5.82. The van der Waals surface area contributed by atoms with Gasteiger partial charge in [0.15, 0.2) is 0 Å². The number of nitrogens with zero attached hydrogens (tertiary/aromatic N) is 2. The van der Waals surface area contributed by atoms with Crippen LogP contribution in [0.25, 0.3) is 0 Å². The number of nitrogens with one attached hydrogen (secondary N) is 1. The Morgan fingerprint density at radius 3 is 2.77 bits per heavy atom. The van der Waals surface area contributed by atoms with Gasteiger partial charge >= 0.3 is 12.2 Å². The molecule has 3 aliphatic rings. The number of hydrogen-bond donors (Lipinski definition) is 1. The van der Waals surface area contributed by atoms with Crippen LogP contribution in [-0.2, 0) is 27.1 Å². The monoisotopic (exact) mass is 445 g/mol. The average molecular weight is 445 g/mol. The van der Waals surface area contributed by atoms with Gasteiger partial charge in [-0.2, -0.15) is 13.2 Å². The predicted molar refractivity (Wildman–Crippen MR) is 99.4 cm³/mol. The molecule has 0 aromatic heterocycles. The van der Waals surface area contributed by atoms with Gasteiger partial charge in [-0.05, 0) is 25.5 Å². The molecule has 0 saturated carbocycles. The molecular weight excluding hydrogens is 422 g/mol. The van der Waals surface area contributed by atoms with Gasteiger partial charge in [0.25, 0.3) is 0 Å². The molecule has 0 aliphatic carbocycles. The molecule has 3 fully saturated rings. The molecule has 3 heterocycles. The molecule has 1 aromatic rings. The molecule has 3 amide bonds. The van der Waals surface area contributed by atoms with E-state index in [9.17, 15) is 27.2 Å². The van der Waals surface area contributed by atoms with Crippen LogP contribution in [0.2, 0.25) is 0 Å². The zero-order valence-corrected chi connectivity index (χ0v) is 16.8. The number of urea groups is 1. The minimum atomic E-state index is -4.61. The van der Waals surface area contributed by atoms with Gasteiger partial charge in [-0.25, -0.2) is 9.18 Å². The predicted octanol–water partition coefficient (Wildman–Crippen LogP) is 2.14. The molecule has 1 N–H and O–H groups in total. The molecular formula is C20H23F4N3O4. The second kappa shape index (κ2) is 8.27. The normalized spacial score (nSPS) is 28.6. The quantitative estimate of drug-likeness (QED) is 0.724. The van der Waals surface area contributed by atoms with Crippen molar-refractivity contribution in [3.8, 4) is 0 Å². The van der Waals surface area contributed by atoms with E-state index in [1.807, 2.05) is 0 Å². The Hall–Kier alpha value is -2.40. The summed E-state index contributed by atoms with van der Waals surface area (Å²) in [5.74, 6) is -1.17. The van der Waals surface area contributed by atoms with Gasteiger partial charge in [0, 0.05) is 18.7 Å². The lowest BCUT2D eigenvalue weighted by molar-refractivity contribution is -0.140. The molecule has 0 bridgehead atoms. The molecule has 4 atom stereocenters. The summed E-state index contributed by atoms with van der Waals surface area (Å²) in [6.07, 6.45) is -4.41. The smallest absolute Gasteiger partial charge is 0.369 e. The Morgan fingerprint density at radius 2 is 2.10 bits per heavy atom. The summed E-state index contributed by atoms with van der Waals surface area (Å²) in [4.78, 5) is 27.6. The van der Waals surface area contributed by atoms with E-state index in [1.54, 1.807) is 16.7 Å². The maximum absolute atomic E-state index is 14.0. The molecule has 7 nitrogen and oxygen atoms in total. The first-order chi connectivity index (χ1) is 14.6. The standard InChI is InChI=1S/C20H23F4N3O4/c1-11-17(30-9-12-2-3-13(6-14(12)21)20(22,23)24)8-27(11)19(29)26-5-4-16-15(7-26)25-18(28)10-31-16/h2-3,6,11,15-17H,4-5,7-10H2,1H3,(H,25,28). The van der Waals surface area contributed by atoms with Crippen molar-refractivity contribution in [1.82, 2.24) is 15.1 Å². The van der Waals surface area contributed by atoms with E-state index in [4.69, 9.17) is 9.47 Å². The number of fused-ring (bicyclic) bond motifs is 1. The van der Waals surface area contributed by atoms with Crippen LogP contribution in [0.5, 0.6) is 0 Å². The summed E-state index contributed by atoms with van der Waals surface area (Å²) < 4.78 is 63.0. The minimum absolute atomic E-state index is 0.0279. The van der Waals surface area contributed by atoms with E-state index in [2.05, 4.69) is 5.32 Å². The van der Waals surface area contributed by atoms with Crippen LogP contribution >= 0.6 is 0 Å². The van der Waals surface area contributed by atoms with Crippen molar-refractivity contribution >= 4 is 11.9 Å². The molecule has 3 saturated heterocycles. The Morgan fingerprint density at radius 1 is 1.32 bits per heavy atom. The number of rotatable bonds is 3. The molecule has 0 radical (unpaired) electrons. The van der Waals surface area contributed by atoms with Gasteiger partial charge < -0.3 is 24.6 Å². The zero-order valence-electron chi connectivity index (χ0n) is 16.8. The van der Waals surface area contributed by atoms with Crippen LogP contribution in [0.3, 0.4) is 0 Å². The number of benzene rings is 1. The second-order valence-electron chi connectivity index (χ2n) is 8.09. The topological polar surface area (TPSA) is 71.1 Å². The fourth-order valence-corrected chi connectivity index (χ4v) is 4.11. The third-order valence-electron chi connectivity index (χ3n) is 6.08. The highest BCUT2D eigenvalue weighted by atomic mass is 19.4. The molecule has 4 unspecified atom stereocenters. The van der Waals surface area contributed by atoms with Gasteiger partial charge in [-0.1, -0.05) is 6.07 Å². The highest BCUT2D eigenvalue weighted by molar-refractivity contribution is 5.79.